The Morgan fingerprint density at radius 2 is 1.70 bits per heavy atom. The van der Waals surface area contributed by atoms with Crippen LogP contribution in [0.1, 0.15) is 24.0 Å². The first-order valence-corrected chi connectivity index (χ1v) is 6.73. The largest absolute Gasteiger partial charge is 0.481 e. The van der Waals surface area contributed by atoms with E-state index in [9.17, 15) is 9.59 Å². The number of likely N-dealkylation sites (tertiary alicyclic amines) is 1. The van der Waals surface area contributed by atoms with Gasteiger partial charge in [-0.2, -0.15) is 0 Å². The maximum Gasteiger partial charge on any atom is 0.415 e. The zero-order valence-electron chi connectivity index (χ0n) is 11.8. The minimum atomic E-state index is -0.785. The molecule has 1 saturated heterocycles. The van der Waals surface area contributed by atoms with Crippen LogP contribution in [0, 0.1) is 19.8 Å². The molecule has 0 aliphatic carbocycles. The van der Waals surface area contributed by atoms with Gasteiger partial charge in [-0.25, -0.2) is 4.79 Å². The normalized spacial score (nSPS) is 16.0. The molecule has 1 aliphatic heterocycles. The first-order chi connectivity index (χ1) is 9.45. The van der Waals surface area contributed by atoms with E-state index in [1.807, 2.05) is 32.0 Å². The highest BCUT2D eigenvalue weighted by molar-refractivity contribution is 5.73. The number of hydrogen-bond donors (Lipinski definition) is 1. The third kappa shape index (κ3) is 3.50. The number of amides is 1. The molecule has 0 spiro atoms. The van der Waals surface area contributed by atoms with Crippen molar-refractivity contribution in [2.45, 2.75) is 26.7 Å². The fourth-order valence-corrected chi connectivity index (χ4v) is 2.47. The molecule has 1 amide bonds. The van der Waals surface area contributed by atoms with Crippen molar-refractivity contribution in [2.75, 3.05) is 13.1 Å². The van der Waals surface area contributed by atoms with Crippen LogP contribution in [0.5, 0.6) is 5.75 Å². The highest BCUT2D eigenvalue weighted by Crippen LogP contribution is 2.20. The molecule has 1 aliphatic rings. The summed E-state index contributed by atoms with van der Waals surface area (Å²) in [6, 6.07) is 5.64. The number of carboxylic acids is 1. The number of nitrogens with zero attached hydrogens (tertiary/aromatic N) is 1. The minimum absolute atomic E-state index is 0.347. The second kappa shape index (κ2) is 5.94. The number of carbonyl (C=O) groups excluding carboxylic acids is 1. The minimum Gasteiger partial charge on any atom is -0.481 e. The number of aryl methyl sites for hydroxylation is 2. The Kier molecular flexibility index (Phi) is 4.27. The summed E-state index contributed by atoms with van der Waals surface area (Å²) in [6.07, 6.45) is 0.563. The van der Waals surface area contributed by atoms with Crippen LogP contribution < -0.4 is 4.74 Å². The molecule has 1 aromatic carbocycles. The number of aliphatic carboxylic acids is 1. The zero-order chi connectivity index (χ0) is 14.7. The van der Waals surface area contributed by atoms with Gasteiger partial charge >= 0.3 is 12.1 Å². The third-order valence-corrected chi connectivity index (χ3v) is 3.50. The Labute approximate surface area is 118 Å². The van der Waals surface area contributed by atoms with Gasteiger partial charge < -0.3 is 14.7 Å². The zero-order valence-corrected chi connectivity index (χ0v) is 11.8. The van der Waals surface area contributed by atoms with Crippen molar-refractivity contribution in [2.24, 2.45) is 5.92 Å². The van der Waals surface area contributed by atoms with Gasteiger partial charge in [-0.15, -0.1) is 0 Å². The monoisotopic (exact) mass is 277 g/mol. The number of benzene rings is 1. The van der Waals surface area contributed by atoms with Crippen molar-refractivity contribution in [1.29, 1.82) is 0 Å². The van der Waals surface area contributed by atoms with E-state index in [-0.39, 0.29) is 5.92 Å². The van der Waals surface area contributed by atoms with Crippen LogP contribution in [0.15, 0.2) is 18.2 Å². The average Bonchev–Trinajstić information content (AvgIpc) is 2.37. The van der Waals surface area contributed by atoms with Gasteiger partial charge in [0.1, 0.15) is 5.75 Å². The molecule has 0 unspecified atom stereocenters. The topological polar surface area (TPSA) is 66.8 Å². The Hall–Kier alpha value is -2.04. The van der Waals surface area contributed by atoms with Crippen molar-refractivity contribution in [3.8, 4) is 5.75 Å². The first-order valence-electron chi connectivity index (χ1n) is 6.73. The van der Waals surface area contributed by atoms with E-state index >= 15 is 0 Å². The molecule has 108 valence electrons. The molecule has 2 rings (SSSR count). The summed E-state index contributed by atoms with van der Waals surface area (Å²) in [4.78, 5) is 24.5. The molecular weight excluding hydrogens is 258 g/mol. The van der Waals surface area contributed by atoms with Gasteiger partial charge in [0.2, 0.25) is 0 Å². The molecule has 1 aromatic rings. The fourth-order valence-electron chi connectivity index (χ4n) is 2.47. The van der Waals surface area contributed by atoms with Crippen LogP contribution in [0.25, 0.3) is 0 Å². The summed E-state index contributed by atoms with van der Waals surface area (Å²) < 4.78 is 5.35. The summed E-state index contributed by atoms with van der Waals surface area (Å²) in [5.74, 6) is -0.597. The van der Waals surface area contributed by atoms with E-state index in [4.69, 9.17) is 9.84 Å². The van der Waals surface area contributed by atoms with Crippen LogP contribution in [0.3, 0.4) is 0 Å². The molecular formula is C15H19NO4. The van der Waals surface area contributed by atoms with Crippen LogP contribution in [-0.4, -0.2) is 35.2 Å². The molecule has 20 heavy (non-hydrogen) atoms. The quantitative estimate of drug-likeness (QED) is 0.902. The predicted octanol–water partition coefficient (Wildman–Crippen LogP) is 2.60. The molecule has 0 radical (unpaired) electrons. The van der Waals surface area contributed by atoms with Crippen molar-refractivity contribution < 1.29 is 19.4 Å². The van der Waals surface area contributed by atoms with Crippen LogP contribution in [0.4, 0.5) is 4.79 Å². The average molecular weight is 277 g/mol. The Morgan fingerprint density at radius 1 is 1.15 bits per heavy atom. The molecule has 0 atom stereocenters. The maximum absolute atomic E-state index is 12.0. The number of rotatable bonds is 2. The lowest BCUT2D eigenvalue weighted by atomic mass is 9.97. The Balaban J connectivity index is 1.94. The molecule has 5 heteroatoms. The SMILES string of the molecule is Cc1cc(C)cc(OC(=O)N2CCC(C(=O)O)CC2)c1. The van der Waals surface area contributed by atoms with Crippen molar-refractivity contribution in [1.82, 2.24) is 4.90 Å². The molecule has 0 aromatic heterocycles. The highest BCUT2D eigenvalue weighted by atomic mass is 16.6. The lowest BCUT2D eigenvalue weighted by Crippen LogP contribution is -2.41. The van der Waals surface area contributed by atoms with Crippen LogP contribution >= 0.6 is 0 Å². The van der Waals surface area contributed by atoms with Gasteiger partial charge in [-0.1, -0.05) is 6.07 Å². The fraction of sp³-hybridized carbons (Fsp3) is 0.467. The van der Waals surface area contributed by atoms with E-state index in [1.54, 1.807) is 4.90 Å². The number of ether oxygens (including phenoxy) is 1. The first kappa shape index (κ1) is 14.4. The van der Waals surface area contributed by atoms with E-state index in [0.717, 1.165) is 11.1 Å². The second-order valence-corrected chi connectivity index (χ2v) is 5.29. The summed E-state index contributed by atoms with van der Waals surface area (Å²) in [5.41, 5.74) is 2.08. The van der Waals surface area contributed by atoms with Crippen molar-refractivity contribution >= 4 is 12.1 Å². The van der Waals surface area contributed by atoms with E-state index in [1.165, 1.54) is 0 Å². The third-order valence-electron chi connectivity index (χ3n) is 3.50. The molecule has 1 N–H and O–H groups in total. The summed E-state index contributed by atoms with van der Waals surface area (Å²) >= 11 is 0. The number of carboxylic acid groups (broad SMARTS) is 1. The van der Waals surface area contributed by atoms with Crippen LogP contribution in [-0.2, 0) is 4.79 Å². The predicted molar refractivity (Wildman–Crippen MR) is 73.9 cm³/mol. The molecule has 5 nitrogen and oxygen atoms in total. The van der Waals surface area contributed by atoms with E-state index in [2.05, 4.69) is 0 Å². The Bertz CT molecular complexity index is 498. The van der Waals surface area contributed by atoms with Gasteiger partial charge in [-0.3, -0.25) is 4.79 Å². The Morgan fingerprint density at radius 3 is 2.20 bits per heavy atom. The summed E-state index contributed by atoms with van der Waals surface area (Å²) in [6.45, 7) is 4.76. The molecule has 0 bridgehead atoms. The van der Waals surface area contributed by atoms with Gasteiger partial charge in [0, 0.05) is 13.1 Å². The van der Waals surface area contributed by atoms with Crippen LogP contribution in [0.2, 0.25) is 0 Å². The van der Waals surface area contributed by atoms with Gasteiger partial charge in [0.25, 0.3) is 0 Å². The standard InChI is InChI=1S/C15H19NO4/c1-10-7-11(2)9-13(8-10)20-15(19)16-5-3-12(4-6-16)14(17)18/h7-9,12H,3-6H2,1-2H3,(H,17,18). The highest BCUT2D eigenvalue weighted by Gasteiger charge is 2.27. The number of hydrogen-bond acceptors (Lipinski definition) is 3. The molecule has 1 fully saturated rings. The van der Waals surface area contributed by atoms with Gasteiger partial charge in [0.05, 0.1) is 5.92 Å². The van der Waals surface area contributed by atoms with Gasteiger partial charge in [-0.05, 0) is 49.9 Å². The summed E-state index contributed by atoms with van der Waals surface area (Å²) in [5, 5.41) is 8.92. The smallest absolute Gasteiger partial charge is 0.415 e. The molecule has 1 heterocycles. The van der Waals surface area contributed by atoms with Crippen molar-refractivity contribution in [3.05, 3.63) is 29.3 Å². The van der Waals surface area contributed by atoms with Gasteiger partial charge in [0.15, 0.2) is 0 Å². The second-order valence-electron chi connectivity index (χ2n) is 5.29. The van der Waals surface area contributed by atoms with E-state index < -0.39 is 12.1 Å². The van der Waals surface area contributed by atoms with Crippen molar-refractivity contribution in [3.63, 3.8) is 0 Å². The number of carbonyl (C=O) groups is 2. The van der Waals surface area contributed by atoms with E-state index in [0.29, 0.717) is 31.7 Å². The number of piperidine rings is 1. The molecule has 0 saturated carbocycles. The summed E-state index contributed by atoms with van der Waals surface area (Å²) in [7, 11) is 0. The lowest BCUT2D eigenvalue weighted by Gasteiger charge is -2.29. The maximum atomic E-state index is 12.0. The lowest BCUT2D eigenvalue weighted by molar-refractivity contribution is -0.143.